The Balaban J connectivity index is 1.76. The van der Waals surface area contributed by atoms with Crippen LogP contribution in [0.3, 0.4) is 0 Å². The summed E-state index contributed by atoms with van der Waals surface area (Å²) in [4.78, 5) is 24.5. The van der Waals surface area contributed by atoms with E-state index in [0.29, 0.717) is 13.0 Å². The quantitative estimate of drug-likeness (QED) is 0.706. The van der Waals surface area contributed by atoms with Crippen molar-refractivity contribution in [3.63, 3.8) is 0 Å². The fourth-order valence-corrected chi connectivity index (χ4v) is 4.58. The second-order valence-corrected chi connectivity index (χ2v) is 7.11. The Kier molecular flexibility index (Phi) is 3.98. The van der Waals surface area contributed by atoms with E-state index in [1.165, 1.54) is 0 Å². The van der Waals surface area contributed by atoms with Crippen LogP contribution in [-0.2, 0) is 19.4 Å². The number of sulfone groups is 1. The SMILES string of the molecule is CCOC(=O)CCNC(=O)N1CC2CC1CS2(=O)=O. The van der Waals surface area contributed by atoms with E-state index in [1.54, 1.807) is 11.8 Å². The standard InChI is InChI=1S/C11H18N2O5S/c1-2-18-10(14)3-4-12-11(15)13-6-9-5-8(13)7-19(9,16)17/h8-9H,2-7H2,1H3,(H,12,15). The Morgan fingerprint density at radius 1 is 1.42 bits per heavy atom. The smallest absolute Gasteiger partial charge is 0.317 e. The number of hydrogen-bond acceptors (Lipinski definition) is 5. The molecule has 0 aromatic heterocycles. The molecule has 2 atom stereocenters. The largest absolute Gasteiger partial charge is 0.466 e. The molecule has 2 heterocycles. The van der Waals surface area contributed by atoms with Crippen LogP contribution in [0.2, 0.25) is 0 Å². The van der Waals surface area contributed by atoms with Crippen LogP contribution in [-0.4, -0.2) is 62.1 Å². The maximum atomic E-state index is 11.9. The van der Waals surface area contributed by atoms with Gasteiger partial charge in [-0.15, -0.1) is 0 Å². The highest BCUT2D eigenvalue weighted by molar-refractivity contribution is 7.92. The van der Waals surface area contributed by atoms with E-state index in [1.807, 2.05) is 0 Å². The zero-order valence-electron chi connectivity index (χ0n) is 10.8. The van der Waals surface area contributed by atoms with Crippen molar-refractivity contribution in [2.45, 2.75) is 31.1 Å². The van der Waals surface area contributed by atoms with Gasteiger partial charge < -0.3 is 15.0 Å². The van der Waals surface area contributed by atoms with Gasteiger partial charge in [0.2, 0.25) is 0 Å². The van der Waals surface area contributed by atoms with Gasteiger partial charge in [0, 0.05) is 19.1 Å². The van der Waals surface area contributed by atoms with E-state index in [0.717, 1.165) is 0 Å². The molecule has 0 aromatic carbocycles. The number of carbonyl (C=O) groups is 2. The molecule has 1 N–H and O–H groups in total. The Labute approximate surface area is 112 Å². The lowest BCUT2D eigenvalue weighted by Gasteiger charge is -2.26. The first-order valence-corrected chi connectivity index (χ1v) is 8.07. The molecule has 7 nitrogen and oxygen atoms in total. The molecule has 0 aromatic rings. The Bertz CT molecular complexity index is 475. The summed E-state index contributed by atoms with van der Waals surface area (Å²) >= 11 is 0. The van der Waals surface area contributed by atoms with E-state index in [9.17, 15) is 18.0 Å². The molecule has 2 saturated heterocycles. The number of nitrogens with one attached hydrogen (secondary N) is 1. The molecule has 2 bridgehead atoms. The number of amides is 2. The van der Waals surface area contributed by atoms with Gasteiger partial charge in [0.1, 0.15) is 0 Å². The Hall–Kier alpha value is -1.31. The van der Waals surface area contributed by atoms with Crippen LogP contribution < -0.4 is 5.32 Å². The number of nitrogens with zero attached hydrogens (tertiary/aromatic N) is 1. The van der Waals surface area contributed by atoms with Crippen LogP contribution in [0.4, 0.5) is 4.79 Å². The third-order valence-electron chi connectivity index (χ3n) is 3.48. The molecule has 2 unspecified atom stereocenters. The minimum absolute atomic E-state index is 0.0585. The summed E-state index contributed by atoms with van der Waals surface area (Å²) in [5, 5.41) is 2.21. The van der Waals surface area contributed by atoms with Crippen molar-refractivity contribution in [2.24, 2.45) is 0 Å². The van der Waals surface area contributed by atoms with E-state index in [4.69, 9.17) is 4.74 Å². The molecule has 0 radical (unpaired) electrons. The van der Waals surface area contributed by atoms with Crippen LogP contribution in [0.5, 0.6) is 0 Å². The van der Waals surface area contributed by atoms with Crippen molar-refractivity contribution in [2.75, 3.05) is 25.4 Å². The molecule has 2 fully saturated rings. The average Bonchev–Trinajstić information content (AvgIpc) is 2.84. The third kappa shape index (κ3) is 2.99. The minimum Gasteiger partial charge on any atom is -0.466 e. The Morgan fingerprint density at radius 3 is 2.68 bits per heavy atom. The number of carbonyl (C=O) groups excluding carboxylic acids is 2. The average molecular weight is 290 g/mol. The molecule has 2 aliphatic rings. The summed E-state index contributed by atoms with van der Waals surface area (Å²) < 4.78 is 27.8. The van der Waals surface area contributed by atoms with Crippen LogP contribution in [0.25, 0.3) is 0 Å². The van der Waals surface area contributed by atoms with Crippen molar-refractivity contribution in [1.82, 2.24) is 10.2 Å². The topological polar surface area (TPSA) is 92.8 Å². The van der Waals surface area contributed by atoms with Crippen molar-refractivity contribution >= 4 is 21.8 Å². The van der Waals surface area contributed by atoms with Crippen LogP contribution >= 0.6 is 0 Å². The molecular formula is C11H18N2O5S. The van der Waals surface area contributed by atoms with E-state index in [-0.39, 0.29) is 43.3 Å². The van der Waals surface area contributed by atoms with Gasteiger partial charge in [-0.1, -0.05) is 0 Å². The summed E-state index contributed by atoms with van der Waals surface area (Å²) in [5.41, 5.74) is 0. The lowest BCUT2D eigenvalue weighted by Crippen LogP contribution is -2.48. The summed E-state index contributed by atoms with van der Waals surface area (Å²) in [5.74, 6) is -0.295. The predicted octanol–water partition coefficient (Wildman–Crippen LogP) is -0.479. The van der Waals surface area contributed by atoms with Crippen LogP contribution in [0, 0.1) is 0 Å². The van der Waals surface area contributed by atoms with Gasteiger partial charge in [-0.05, 0) is 13.3 Å². The van der Waals surface area contributed by atoms with Gasteiger partial charge in [0.05, 0.1) is 24.0 Å². The normalized spacial score (nSPS) is 27.3. The number of likely N-dealkylation sites (tertiary alicyclic amines) is 1. The van der Waals surface area contributed by atoms with Crippen molar-refractivity contribution in [3.8, 4) is 0 Å². The third-order valence-corrected chi connectivity index (χ3v) is 5.69. The fraction of sp³-hybridized carbons (Fsp3) is 0.818. The van der Waals surface area contributed by atoms with Gasteiger partial charge in [-0.2, -0.15) is 0 Å². The number of fused-ring (bicyclic) bond motifs is 2. The minimum atomic E-state index is -2.99. The van der Waals surface area contributed by atoms with Gasteiger partial charge in [-0.25, -0.2) is 13.2 Å². The first-order chi connectivity index (χ1) is 8.94. The maximum Gasteiger partial charge on any atom is 0.317 e. The molecule has 0 saturated carbocycles. The first-order valence-electron chi connectivity index (χ1n) is 6.35. The van der Waals surface area contributed by atoms with Gasteiger partial charge in [-0.3, -0.25) is 4.79 Å². The number of esters is 1. The molecule has 2 amide bonds. The van der Waals surface area contributed by atoms with Crippen molar-refractivity contribution < 1.29 is 22.7 Å². The highest BCUT2D eigenvalue weighted by Gasteiger charge is 2.49. The lowest BCUT2D eigenvalue weighted by molar-refractivity contribution is -0.142. The Morgan fingerprint density at radius 2 is 2.16 bits per heavy atom. The number of ether oxygens (including phenoxy) is 1. The second kappa shape index (κ2) is 5.36. The lowest BCUT2D eigenvalue weighted by atomic mass is 10.2. The monoisotopic (exact) mass is 290 g/mol. The summed E-state index contributed by atoms with van der Waals surface area (Å²) in [7, 11) is -2.99. The van der Waals surface area contributed by atoms with Crippen LogP contribution in [0.15, 0.2) is 0 Å². The van der Waals surface area contributed by atoms with Gasteiger partial charge in [0.25, 0.3) is 0 Å². The molecule has 19 heavy (non-hydrogen) atoms. The summed E-state index contributed by atoms with van der Waals surface area (Å²) in [6.45, 7) is 2.51. The maximum absolute atomic E-state index is 11.9. The number of rotatable bonds is 4. The zero-order valence-corrected chi connectivity index (χ0v) is 11.6. The predicted molar refractivity (Wildman–Crippen MR) is 67.3 cm³/mol. The fourth-order valence-electron chi connectivity index (χ4n) is 2.55. The van der Waals surface area contributed by atoms with Crippen LogP contribution in [0.1, 0.15) is 19.8 Å². The summed E-state index contributed by atoms with van der Waals surface area (Å²) in [6, 6.07) is -0.510. The zero-order chi connectivity index (χ0) is 14.0. The molecular weight excluding hydrogens is 272 g/mol. The molecule has 0 spiro atoms. The highest BCUT2D eigenvalue weighted by atomic mass is 32.2. The van der Waals surface area contributed by atoms with E-state index < -0.39 is 15.1 Å². The molecule has 2 aliphatic heterocycles. The number of hydrogen-bond donors (Lipinski definition) is 1. The van der Waals surface area contributed by atoms with Gasteiger partial charge >= 0.3 is 12.0 Å². The number of urea groups is 1. The van der Waals surface area contributed by atoms with Crippen molar-refractivity contribution in [1.29, 1.82) is 0 Å². The molecule has 2 rings (SSSR count). The molecule has 108 valence electrons. The molecule has 0 aliphatic carbocycles. The van der Waals surface area contributed by atoms with E-state index >= 15 is 0 Å². The first kappa shape index (κ1) is 14.1. The summed E-state index contributed by atoms with van der Waals surface area (Å²) in [6.07, 6.45) is 0.660. The highest BCUT2D eigenvalue weighted by Crippen LogP contribution is 2.32. The second-order valence-electron chi connectivity index (χ2n) is 4.78. The van der Waals surface area contributed by atoms with E-state index in [2.05, 4.69) is 5.32 Å². The van der Waals surface area contributed by atoms with Gasteiger partial charge in [0.15, 0.2) is 9.84 Å². The van der Waals surface area contributed by atoms with Crippen molar-refractivity contribution in [3.05, 3.63) is 0 Å². The molecule has 8 heteroatoms.